The molecule has 3 rings (SSSR count). The molecule has 10 nitrogen and oxygen atoms in total. The highest BCUT2D eigenvalue weighted by molar-refractivity contribution is 6.32. The number of hydrogen-bond acceptors (Lipinski definition) is 8. The SMILES string of the molecule is COCCCc1ccnc(OOC(C)=O)c1Oc1cc(-n2c(=O)cc(C(F)(F)F)n(C)c2=O)c(F)cc1Cl. The molecule has 204 valence electrons. The molecule has 0 amide bonds. The normalized spacial score (nSPS) is 11.4. The average Bonchev–Trinajstić information content (AvgIpc) is 2.83. The summed E-state index contributed by atoms with van der Waals surface area (Å²) in [5.41, 5.74) is -4.66. The van der Waals surface area contributed by atoms with E-state index >= 15 is 0 Å². The monoisotopic (exact) mass is 561 g/mol. The zero-order valence-electron chi connectivity index (χ0n) is 20.1. The van der Waals surface area contributed by atoms with Gasteiger partial charge in [-0.05, 0) is 25.0 Å². The maximum Gasteiger partial charge on any atom is 0.431 e. The van der Waals surface area contributed by atoms with Crippen LogP contribution in [0.1, 0.15) is 24.6 Å². The number of ether oxygens (including phenoxy) is 2. The van der Waals surface area contributed by atoms with Gasteiger partial charge in [-0.25, -0.2) is 28.4 Å². The Hall–Kier alpha value is -3.91. The Morgan fingerprint density at radius 1 is 1.18 bits per heavy atom. The number of benzene rings is 1. The number of nitrogens with zero attached hydrogens (tertiary/aromatic N) is 3. The van der Waals surface area contributed by atoms with Crippen LogP contribution in [0.15, 0.2) is 40.1 Å². The predicted octanol–water partition coefficient (Wildman–Crippen LogP) is 3.97. The summed E-state index contributed by atoms with van der Waals surface area (Å²) in [5, 5.41) is -0.326. The van der Waals surface area contributed by atoms with Gasteiger partial charge in [-0.2, -0.15) is 13.2 Å². The van der Waals surface area contributed by atoms with Crippen molar-refractivity contribution in [3.05, 3.63) is 73.4 Å². The number of carbonyl (C=O) groups excluding carboxylic acids is 1. The Morgan fingerprint density at radius 2 is 1.89 bits per heavy atom. The Bertz CT molecular complexity index is 1470. The third kappa shape index (κ3) is 6.31. The first-order valence-electron chi connectivity index (χ1n) is 10.7. The van der Waals surface area contributed by atoms with Crippen LogP contribution >= 0.6 is 11.6 Å². The van der Waals surface area contributed by atoms with Gasteiger partial charge in [0.15, 0.2) is 5.75 Å². The van der Waals surface area contributed by atoms with Crippen LogP contribution in [0, 0.1) is 5.82 Å². The molecule has 0 aliphatic carbocycles. The largest absolute Gasteiger partial charge is 0.450 e. The highest BCUT2D eigenvalue weighted by Crippen LogP contribution is 2.39. The van der Waals surface area contributed by atoms with E-state index < -0.39 is 40.6 Å². The van der Waals surface area contributed by atoms with Gasteiger partial charge in [-0.1, -0.05) is 11.6 Å². The average molecular weight is 562 g/mol. The highest BCUT2D eigenvalue weighted by Gasteiger charge is 2.35. The van der Waals surface area contributed by atoms with Crippen molar-refractivity contribution in [1.82, 2.24) is 14.1 Å². The van der Waals surface area contributed by atoms with Gasteiger partial charge >= 0.3 is 23.7 Å². The van der Waals surface area contributed by atoms with Crippen LogP contribution in [0.2, 0.25) is 5.02 Å². The first kappa shape index (κ1) is 28.7. The fraction of sp³-hybridized carbons (Fsp3) is 0.304. The maximum absolute atomic E-state index is 14.9. The second kappa shape index (κ2) is 11.6. The molecule has 0 saturated heterocycles. The summed E-state index contributed by atoms with van der Waals surface area (Å²) >= 11 is 6.14. The van der Waals surface area contributed by atoms with Crippen LogP contribution in [0.25, 0.3) is 5.69 Å². The molecule has 0 aliphatic heterocycles. The number of halogens is 5. The molecule has 0 spiro atoms. The number of methoxy groups -OCH3 is 1. The van der Waals surface area contributed by atoms with E-state index in [0.29, 0.717) is 31.1 Å². The van der Waals surface area contributed by atoms with Crippen molar-refractivity contribution >= 4 is 17.6 Å². The molecule has 2 aromatic heterocycles. The summed E-state index contributed by atoms with van der Waals surface area (Å²) in [4.78, 5) is 49.8. The summed E-state index contributed by atoms with van der Waals surface area (Å²) < 4.78 is 65.7. The van der Waals surface area contributed by atoms with E-state index in [1.807, 2.05) is 0 Å². The third-order valence-electron chi connectivity index (χ3n) is 5.05. The Kier molecular flexibility index (Phi) is 8.78. The topological polar surface area (TPSA) is 111 Å². The summed E-state index contributed by atoms with van der Waals surface area (Å²) in [6, 6.07) is 3.29. The van der Waals surface area contributed by atoms with Gasteiger partial charge in [0.25, 0.3) is 5.56 Å². The molecule has 0 N–H and O–H groups in total. The van der Waals surface area contributed by atoms with Crippen molar-refractivity contribution in [3.63, 3.8) is 0 Å². The minimum Gasteiger partial charge on any atom is -0.450 e. The second-order valence-corrected chi connectivity index (χ2v) is 8.14. The number of hydrogen-bond donors (Lipinski definition) is 0. The zero-order valence-corrected chi connectivity index (χ0v) is 20.9. The van der Waals surface area contributed by atoms with E-state index in [0.717, 1.165) is 20.0 Å². The standard InChI is InChI=1S/C23H20ClF4N3O7/c1-12(32)37-38-21-20(13(6-7-29-21)5-4-8-35-3)36-17-10-16(15(25)9-14(17)24)31-19(33)11-18(23(26,27)28)30(2)22(31)34/h6-7,9-11H,4-5,8H2,1-3H3. The molecule has 0 fully saturated rings. The fourth-order valence-corrected chi connectivity index (χ4v) is 3.52. The van der Waals surface area contributed by atoms with Crippen molar-refractivity contribution in [3.8, 4) is 23.1 Å². The minimum atomic E-state index is -5.00. The molecule has 2 heterocycles. The van der Waals surface area contributed by atoms with E-state index in [9.17, 15) is 31.9 Å². The van der Waals surface area contributed by atoms with Crippen molar-refractivity contribution < 1.29 is 41.6 Å². The first-order chi connectivity index (χ1) is 17.8. The number of aromatic nitrogens is 3. The van der Waals surface area contributed by atoms with E-state index in [1.54, 1.807) is 6.07 Å². The van der Waals surface area contributed by atoms with Crippen LogP contribution in [0.4, 0.5) is 17.6 Å². The summed E-state index contributed by atoms with van der Waals surface area (Å²) in [5.74, 6) is -2.71. The lowest BCUT2D eigenvalue weighted by molar-refractivity contribution is -0.212. The second-order valence-electron chi connectivity index (χ2n) is 7.74. The molecule has 15 heteroatoms. The number of carbonyl (C=O) groups is 1. The molecular formula is C23H20ClF4N3O7. The predicted molar refractivity (Wildman–Crippen MR) is 124 cm³/mol. The quantitative estimate of drug-likeness (QED) is 0.167. The molecule has 0 saturated carbocycles. The van der Waals surface area contributed by atoms with Crippen LogP contribution in [0.5, 0.6) is 17.4 Å². The molecular weight excluding hydrogens is 542 g/mol. The maximum atomic E-state index is 14.9. The van der Waals surface area contributed by atoms with E-state index in [-0.39, 0.29) is 37.6 Å². The zero-order chi connectivity index (χ0) is 28.2. The van der Waals surface area contributed by atoms with Crippen LogP contribution in [-0.4, -0.2) is 33.8 Å². The number of pyridine rings is 1. The Morgan fingerprint density at radius 3 is 2.53 bits per heavy atom. The van der Waals surface area contributed by atoms with Crippen molar-refractivity contribution in [2.24, 2.45) is 7.05 Å². The van der Waals surface area contributed by atoms with Crippen LogP contribution < -0.4 is 20.9 Å². The summed E-state index contributed by atoms with van der Waals surface area (Å²) in [6.07, 6.45) is -2.79. The van der Waals surface area contributed by atoms with E-state index in [1.165, 1.54) is 13.3 Å². The van der Waals surface area contributed by atoms with Crippen molar-refractivity contribution in [2.75, 3.05) is 13.7 Å². The molecule has 0 unspecified atom stereocenters. The molecule has 0 aliphatic rings. The van der Waals surface area contributed by atoms with Crippen molar-refractivity contribution in [1.29, 1.82) is 0 Å². The highest BCUT2D eigenvalue weighted by atomic mass is 35.5. The van der Waals surface area contributed by atoms with Gasteiger partial charge < -0.3 is 9.47 Å². The number of alkyl halides is 3. The third-order valence-corrected chi connectivity index (χ3v) is 5.35. The van der Waals surface area contributed by atoms with Gasteiger partial charge in [-0.3, -0.25) is 14.2 Å². The van der Waals surface area contributed by atoms with Crippen LogP contribution in [0.3, 0.4) is 0 Å². The first-order valence-corrected chi connectivity index (χ1v) is 11.1. The van der Waals surface area contributed by atoms with Crippen LogP contribution in [-0.2, 0) is 34.1 Å². The van der Waals surface area contributed by atoms with E-state index in [2.05, 4.69) is 9.87 Å². The van der Waals surface area contributed by atoms with Gasteiger partial charge in [0.2, 0.25) is 0 Å². The van der Waals surface area contributed by atoms with Gasteiger partial charge in [-0.15, -0.1) is 0 Å². The molecule has 1 aromatic carbocycles. The van der Waals surface area contributed by atoms with E-state index in [4.69, 9.17) is 26.0 Å². The summed E-state index contributed by atoms with van der Waals surface area (Å²) in [7, 11) is 2.29. The van der Waals surface area contributed by atoms with Gasteiger partial charge in [0.1, 0.15) is 17.3 Å². The fourth-order valence-electron chi connectivity index (χ4n) is 3.33. The van der Waals surface area contributed by atoms with Crippen molar-refractivity contribution in [2.45, 2.75) is 25.9 Å². The molecule has 3 aromatic rings. The summed E-state index contributed by atoms with van der Waals surface area (Å²) in [6.45, 7) is 1.46. The number of rotatable bonds is 9. The Balaban J connectivity index is 2.15. The smallest absolute Gasteiger partial charge is 0.431 e. The Labute approximate surface area is 216 Å². The minimum absolute atomic E-state index is 0.100. The molecule has 0 bridgehead atoms. The molecule has 38 heavy (non-hydrogen) atoms. The lowest BCUT2D eigenvalue weighted by atomic mass is 10.1. The lowest BCUT2D eigenvalue weighted by Gasteiger charge is -2.17. The molecule has 0 radical (unpaired) electrons. The number of aryl methyl sites for hydroxylation is 1. The molecule has 0 atom stereocenters. The van der Waals surface area contributed by atoms with Gasteiger partial charge in [0, 0.05) is 51.6 Å². The lowest BCUT2D eigenvalue weighted by Crippen LogP contribution is -2.41. The van der Waals surface area contributed by atoms with Gasteiger partial charge in [0.05, 0.1) is 10.7 Å².